The average Bonchev–Trinajstić information content (AvgIpc) is 2.68. The molecular weight excluding hydrogens is 138 g/mol. The van der Waals surface area contributed by atoms with Crippen LogP contribution in [0.3, 0.4) is 0 Å². The average molecular weight is 155 g/mol. The Kier molecular flexibility index (Phi) is 1.90. The van der Waals surface area contributed by atoms with Crippen LogP contribution in [0.15, 0.2) is 0 Å². The van der Waals surface area contributed by atoms with E-state index in [9.17, 15) is 0 Å². The van der Waals surface area contributed by atoms with Gasteiger partial charge in [0.2, 0.25) is 0 Å². The molecule has 1 heterocycles. The van der Waals surface area contributed by atoms with Gasteiger partial charge >= 0.3 is 0 Å². The molecule has 1 aliphatic heterocycles. The molecule has 1 saturated carbocycles. The first kappa shape index (κ1) is 7.56. The highest BCUT2D eigenvalue weighted by molar-refractivity contribution is 4.95. The third kappa shape index (κ3) is 1.30. The van der Waals surface area contributed by atoms with Crippen LogP contribution in [0.5, 0.6) is 0 Å². The van der Waals surface area contributed by atoms with Crippen LogP contribution in [0.4, 0.5) is 0 Å². The first-order valence-electron chi connectivity index (χ1n) is 4.64. The lowest BCUT2D eigenvalue weighted by Gasteiger charge is -2.12. The number of nitrogens with two attached hydrogens (primary N) is 1. The summed E-state index contributed by atoms with van der Waals surface area (Å²) in [4.78, 5) is 0. The monoisotopic (exact) mass is 155 g/mol. The summed E-state index contributed by atoms with van der Waals surface area (Å²) in [6, 6.07) is 0. The van der Waals surface area contributed by atoms with Gasteiger partial charge in [0, 0.05) is 6.61 Å². The molecule has 2 aliphatic rings. The van der Waals surface area contributed by atoms with Gasteiger partial charge in [-0.1, -0.05) is 0 Å². The first-order chi connectivity index (χ1) is 5.33. The van der Waals surface area contributed by atoms with Crippen LogP contribution in [0.25, 0.3) is 0 Å². The van der Waals surface area contributed by atoms with Crippen LogP contribution in [-0.2, 0) is 4.74 Å². The summed E-state index contributed by atoms with van der Waals surface area (Å²) in [5, 5.41) is 0. The second kappa shape index (κ2) is 2.76. The molecule has 2 nitrogen and oxygen atoms in total. The van der Waals surface area contributed by atoms with Crippen molar-refractivity contribution in [3.8, 4) is 0 Å². The zero-order chi connectivity index (χ0) is 7.84. The Bertz CT molecular complexity index is 148. The second-order valence-corrected chi connectivity index (χ2v) is 3.92. The summed E-state index contributed by atoms with van der Waals surface area (Å²) < 4.78 is 5.52. The van der Waals surface area contributed by atoms with Gasteiger partial charge in [-0.15, -0.1) is 0 Å². The van der Waals surface area contributed by atoms with Crippen molar-refractivity contribution in [2.45, 2.75) is 25.9 Å². The van der Waals surface area contributed by atoms with E-state index in [4.69, 9.17) is 10.5 Å². The molecule has 2 fully saturated rings. The van der Waals surface area contributed by atoms with Crippen molar-refractivity contribution < 1.29 is 4.74 Å². The lowest BCUT2D eigenvalue weighted by atomic mass is 9.95. The summed E-state index contributed by atoms with van der Waals surface area (Å²) in [6.45, 7) is 4.05. The number of ether oxygens (including phenoxy) is 1. The fourth-order valence-corrected chi connectivity index (χ4v) is 2.38. The van der Waals surface area contributed by atoms with Crippen LogP contribution >= 0.6 is 0 Å². The Morgan fingerprint density at radius 2 is 2.27 bits per heavy atom. The van der Waals surface area contributed by atoms with E-state index in [1.165, 1.54) is 12.8 Å². The van der Waals surface area contributed by atoms with Crippen molar-refractivity contribution in [2.75, 3.05) is 13.2 Å². The third-order valence-corrected chi connectivity index (χ3v) is 3.26. The Morgan fingerprint density at radius 1 is 1.45 bits per heavy atom. The van der Waals surface area contributed by atoms with Gasteiger partial charge in [-0.25, -0.2) is 0 Å². The highest BCUT2D eigenvalue weighted by Gasteiger charge is 2.45. The van der Waals surface area contributed by atoms with Gasteiger partial charge in [0.15, 0.2) is 0 Å². The van der Waals surface area contributed by atoms with Gasteiger partial charge in [0.1, 0.15) is 0 Å². The van der Waals surface area contributed by atoms with Crippen molar-refractivity contribution in [3.63, 3.8) is 0 Å². The highest BCUT2D eigenvalue weighted by atomic mass is 16.5. The van der Waals surface area contributed by atoms with Gasteiger partial charge < -0.3 is 10.5 Å². The molecule has 0 amide bonds. The molecular formula is C9H17NO. The predicted molar refractivity (Wildman–Crippen MR) is 44.2 cm³/mol. The molecule has 11 heavy (non-hydrogen) atoms. The smallest absolute Gasteiger partial charge is 0.0578 e. The minimum atomic E-state index is 0.497. The van der Waals surface area contributed by atoms with E-state index in [0.29, 0.717) is 6.10 Å². The maximum atomic E-state index is 5.60. The SMILES string of the molecule is CC1OCCC1C1CC1CN. The third-order valence-electron chi connectivity index (χ3n) is 3.26. The fourth-order valence-electron chi connectivity index (χ4n) is 2.38. The van der Waals surface area contributed by atoms with Gasteiger partial charge in [-0.2, -0.15) is 0 Å². The minimum absolute atomic E-state index is 0.497. The number of hydrogen-bond donors (Lipinski definition) is 1. The Labute approximate surface area is 68.1 Å². The maximum Gasteiger partial charge on any atom is 0.0578 e. The standard InChI is InChI=1S/C9H17NO/c1-6-8(2-3-11-6)9-4-7(9)5-10/h6-9H,2-5,10H2,1H3. The fraction of sp³-hybridized carbons (Fsp3) is 1.00. The van der Waals surface area contributed by atoms with E-state index in [1.807, 2.05) is 0 Å². The van der Waals surface area contributed by atoms with Crippen LogP contribution in [-0.4, -0.2) is 19.3 Å². The van der Waals surface area contributed by atoms with E-state index >= 15 is 0 Å². The Morgan fingerprint density at radius 3 is 2.73 bits per heavy atom. The molecule has 2 rings (SSSR count). The van der Waals surface area contributed by atoms with Crippen molar-refractivity contribution in [1.82, 2.24) is 0 Å². The first-order valence-corrected chi connectivity index (χ1v) is 4.64. The van der Waals surface area contributed by atoms with Crippen LogP contribution < -0.4 is 5.73 Å². The predicted octanol–water partition coefficient (Wildman–Crippen LogP) is 1.01. The zero-order valence-corrected chi connectivity index (χ0v) is 7.12. The molecule has 0 spiro atoms. The topological polar surface area (TPSA) is 35.2 Å². The Balaban J connectivity index is 1.86. The summed E-state index contributed by atoms with van der Waals surface area (Å²) in [6.07, 6.45) is 3.12. The molecule has 64 valence electrons. The summed E-state index contributed by atoms with van der Waals surface area (Å²) in [5.41, 5.74) is 5.60. The summed E-state index contributed by atoms with van der Waals surface area (Å²) in [7, 11) is 0. The van der Waals surface area contributed by atoms with Crippen molar-refractivity contribution in [3.05, 3.63) is 0 Å². The van der Waals surface area contributed by atoms with Gasteiger partial charge in [0.05, 0.1) is 6.10 Å². The van der Waals surface area contributed by atoms with E-state index in [1.54, 1.807) is 0 Å². The molecule has 0 aromatic carbocycles. The van der Waals surface area contributed by atoms with Crippen LogP contribution in [0.1, 0.15) is 19.8 Å². The second-order valence-electron chi connectivity index (χ2n) is 3.92. The van der Waals surface area contributed by atoms with E-state index in [2.05, 4.69) is 6.92 Å². The quantitative estimate of drug-likeness (QED) is 0.646. The maximum absolute atomic E-state index is 5.60. The number of rotatable bonds is 2. The van der Waals surface area contributed by atoms with Crippen molar-refractivity contribution in [2.24, 2.45) is 23.5 Å². The summed E-state index contributed by atoms with van der Waals surface area (Å²) in [5.74, 6) is 2.55. The van der Waals surface area contributed by atoms with Crippen LogP contribution in [0.2, 0.25) is 0 Å². The van der Waals surface area contributed by atoms with Crippen LogP contribution in [0, 0.1) is 17.8 Å². The Hall–Kier alpha value is -0.0800. The summed E-state index contributed by atoms with van der Waals surface area (Å²) >= 11 is 0. The highest BCUT2D eigenvalue weighted by Crippen LogP contribution is 2.48. The lowest BCUT2D eigenvalue weighted by molar-refractivity contribution is 0.0995. The molecule has 0 aromatic heterocycles. The molecule has 1 saturated heterocycles. The van der Waals surface area contributed by atoms with Gasteiger partial charge in [0.25, 0.3) is 0 Å². The molecule has 4 unspecified atom stereocenters. The molecule has 1 aliphatic carbocycles. The van der Waals surface area contributed by atoms with Crippen molar-refractivity contribution in [1.29, 1.82) is 0 Å². The normalized spacial score (nSPS) is 49.6. The molecule has 0 radical (unpaired) electrons. The lowest BCUT2D eigenvalue weighted by Crippen LogP contribution is -2.16. The largest absolute Gasteiger partial charge is 0.378 e. The van der Waals surface area contributed by atoms with Gasteiger partial charge in [-0.3, -0.25) is 0 Å². The number of hydrogen-bond acceptors (Lipinski definition) is 2. The van der Waals surface area contributed by atoms with Gasteiger partial charge in [-0.05, 0) is 44.1 Å². The molecule has 4 atom stereocenters. The van der Waals surface area contributed by atoms with E-state index in [-0.39, 0.29) is 0 Å². The molecule has 2 N–H and O–H groups in total. The van der Waals surface area contributed by atoms with Crippen molar-refractivity contribution >= 4 is 0 Å². The minimum Gasteiger partial charge on any atom is -0.378 e. The zero-order valence-electron chi connectivity index (χ0n) is 7.12. The van der Waals surface area contributed by atoms with E-state index in [0.717, 1.165) is 30.9 Å². The molecule has 0 aromatic rings. The molecule has 0 bridgehead atoms. The van der Waals surface area contributed by atoms with E-state index < -0.39 is 0 Å². The molecule has 2 heteroatoms.